The molecule has 1 aromatic heterocycles. The van der Waals surface area contributed by atoms with Crippen molar-refractivity contribution in [1.29, 1.82) is 0 Å². The first-order chi connectivity index (χ1) is 14.2. The number of hydrogen-bond acceptors (Lipinski definition) is 6. The summed E-state index contributed by atoms with van der Waals surface area (Å²) in [6.07, 6.45) is -1.18. The standard InChI is InChI=1S/C18H21ClFN3O5.C2H6/c1-9-4-5-13(12(20)6-9)21-17-14(15(19)16(10(2)25)23(17)3)18(27)22-28-8-11(26)7-24;1-2/h4-6,11,21,24,26H,7-8H2,1-3H3,(H,22,27);1-2H3. The third-order valence-electron chi connectivity index (χ3n) is 3.92. The van der Waals surface area contributed by atoms with Crippen LogP contribution in [-0.4, -0.2) is 45.8 Å². The highest BCUT2D eigenvalue weighted by Gasteiger charge is 2.28. The topological polar surface area (TPSA) is 113 Å². The number of aryl methyl sites for hydroxylation is 1. The molecule has 0 aliphatic rings. The number of anilines is 2. The monoisotopic (exact) mass is 443 g/mol. The fourth-order valence-electron chi connectivity index (χ4n) is 2.55. The lowest BCUT2D eigenvalue weighted by molar-refractivity contribution is -0.0295. The smallest absolute Gasteiger partial charge is 0.280 e. The minimum Gasteiger partial charge on any atom is -0.394 e. The second-order valence-electron chi connectivity index (χ2n) is 6.19. The lowest BCUT2D eigenvalue weighted by Crippen LogP contribution is -2.30. The Kier molecular flexibility index (Phi) is 9.94. The van der Waals surface area contributed by atoms with Crippen LogP contribution in [-0.2, 0) is 11.9 Å². The molecule has 0 aliphatic heterocycles. The van der Waals surface area contributed by atoms with Crippen LogP contribution in [0.5, 0.6) is 0 Å². The van der Waals surface area contributed by atoms with E-state index in [1.807, 2.05) is 13.8 Å². The molecule has 1 amide bonds. The van der Waals surface area contributed by atoms with Crippen LogP contribution in [0.2, 0.25) is 5.02 Å². The van der Waals surface area contributed by atoms with Gasteiger partial charge in [0, 0.05) is 14.0 Å². The lowest BCUT2D eigenvalue weighted by atomic mass is 10.2. The summed E-state index contributed by atoms with van der Waals surface area (Å²) in [5.74, 6) is -1.67. The molecule has 2 aromatic rings. The van der Waals surface area contributed by atoms with Gasteiger partial charge in [0.25, 0.3) is 5.91 Å². The molecule has 0 radical (unpaired) electrons. The highest BCUT2D eigenvalue weighted by molar-refractivity contribution is 6.37. The largest absolute Gasteiger partial charge is 0.394 e. The Morgan fingerprint density at radius 3 is 2.50 bits per heavy atom. The molecule has 1 heterocycles. The number of aromatic nitrogens is 1. The third-order valence-corrected chi connectivity index (χ3v) is 4.29. The number of benzene rings is 1. The van der Waals surface area contributed by atoms with Crippen LogP contribution in [0.4, 0.5) is 15.9 Å². The van der Waals surface area contributed by atoms with Crippen LogP contribution in [0.1, 0.15) is 47.2 Å². The Balaban J connectivity index is 0.00000218. The molecule has 0 bridgehead atoms. The van der Waals surface area contributed by atoms with Gasteiger partial charge in [-0.15, -0.1) is 0 Å². The lowest BCUT2D eigenvalue weighted by Gasteiger charge is -2.13. The van der Waals surface area contributed by atoms with Gasteiger partial charge < -0.3 is 20.1 Å². The molecule has 30 heavy (non-hydrogen) atoms. The van der Waals surface area contributed by atoms with Gasteiger partial charge in [0.2, 0.25) is 0 Å². The first-order valence-corrected chi connectivity index (χ1v) is 9.68. The average molecular weight is 444 g/mol. The average Bonchev–Trinajstić information content (AvgIpc) is 2.95. The molecule has 0 spiro atoms. The van der Waals surface area contributed by atoms with E-state index < -0.39 is 30.2 Å². The second kappa shape index (κ2) is 11.7. The summed E-state index contributed by atoms with van der Waals surface area (Å²) in [6, 6.07) is 4.49. The molecule has 10 heteroatoms. The van der Waals surface area contributed by atoms with Crippen molar-refractivity contribution in [3.63, 3.8) is 0 Å². The SMILES string of the molecule is CC.CC(=O)c1c(Cl)c(C(=O)NOCC(O)CO)c(Nc2ccc(C)cc2F)n1C. The Bertz CT molecular complexity index is 901. The number of aliphatic hydroxyl groups excluding tert-OH is 2. The van der Waals surface area contributed by atoms with E-state index >= 15 is 0 Å². The summed E-state index contributed by atoms with van der Waals surface area (Å²) < 4.78 is 15.6. The van der Waals surface area contributed by atoms with E-state index in [4.69, 9.17) is 21.5 Å². The van der Waals surface area contributed by atoms with Crippen molar-refractivity contribution < 1.29 is 29.0 Å². The molecular formula is C20H27ClFN3O5. The van der Waals surface area contributed by atoms with Crippen LogP contribution in [0.3, 0.4) is 0 Å². The van der Waals surface area contributed by atoms with E-state index in [0.717, 1.165) is 0 Å². The Morgan fingerprint density at radius 1 is 1.33 bits per heavy atom. The van der Waals surface area contributed by atoms with Crippen molar-refractivity contribution in [3.05, 3.63) is 45.9 Å². The molecular weight excluding hydrogens is 417 g/mol. The van der Waals surface area contributed by atoms with E-state index in [2.05, 4.69) is 10.8 Å². The molecule has 4 N–H and O–H groups in total. The number of Topliss-reactive ketones (excluding diaryl/α,β-unsaturated/α-hetero) is 1. The van der Waals surface area contributed by atoms with Gasteiger partial charge in [-0.3, -0.25) is 14.4 Å². The van der Waals surface area contributed by atoms with Gasteiger partial charge in [0.1, 0.15) is 35.6 Å². The number of hydrogen-bond donors (Lipinski definition) is 4. The zero-order valence-corrected chi connectivity index (χ0v) is 18.3. The number of ketones is 1. The number of nitrogens with zero attached hydrogens (tertiary/aromatic N) is 1. The summed E-state index contributed by atoms with van der Waals surface area (Å²) in [5.41, 5.74) is 2.80. The van der Waals surface area contributed by atoms with Crippen molar-refractivity contribution in [3.8, 4) is 0 Å². The number of halogens is 2. The number of rotatable bonds is 8. The molecule has 166 valence electrons. The zero-order chi connectivity index (χ0) is 23.0. The van der Waals surface area contributed by atoms with E-state index in [-0.39, 0.29) is 34.4 Å². The third kappa shape index (κ3) is 6.02. The summed E-state index contributed by atoms with van der Waals surface area (Å²) in [5, 5.41) is 20.7. The van der Waals surface area contributed by atoms with Gasteiger partial charge >= 0.3 is 0 Å². The maximum absolute atomic E-state index is 14.2. The summed E-state index contributed by atoms with van der Waals surface area (Å²) >= 11 is 6.24. The van der Waals surface area contributed by atoms with Crippen molar-refractivity contribution in [2.45, 2.75) is 33.8 Å². The first kappa shape index (κ1) is 25.6. The molecule has 1 aromatic carbocycles. The zero-order valence-electron chi connectivity index (χ0n) is 17.5. The van der Waals surface area contributed by atoms with Gasteiger partial charge in [-0.05, 0) is 24.6 Å². The van der Waals surface area contributed by atoms with Crippen molar-refractivity contribution in [2.24, 2.45) is 7.05 Å². The number of aliphatic hydroxyl groups is 2. The predicted octanol–water partition coefficient (Wildman–Crippen LogP) is 3.11. The van der Waals surface area contributed by atoms with Gasteiger partial charge in [-0.1, -0.05) is 31.5 Å². The number of hydroxylamine groups is 1. The Hall–Kier alpha value is -2.46. The molecule has 1 atom stereocenters. The molecule has 1 unspecified atom stereocenters. The minimum atomic E-state index is -1.18. The summed E-state index contributed by atoms with van der Waals surface area (Å²) in [6.45, 7) is 6.11. The second-order valence-corrected chi connectivity index (χ2v) is 6.57. The molecule has 0 fully saturated rings. The van der Waals surface area contributed by atoms with E-state index in [9.17, 15) is 19.1 Å². The molecule has 0 saturated heterocycles. The number of nitrogens with one attached hydrogen (secondary N) is 2. The quantitative estimate of drug-likeness (QED) is 0.368. The van der Waals surface area contributed by atoms with Crippen molar-refractivity contribution in [2.75, 3.05) is 18.5 Å². The minimum absolute atomic E-state index is 0.0530. The first-order valence-electron chi connectivity index (χ1n) is 9.30. The Morgan fingerprint density at radius 2 is 1.97 bits per heavy atom. The summed E-state index contributed by atoms with van der Waals surface area (Å²) in [4.78, 5) is 29.3. The van der Waals surface area contributed by atoms with Crippen molar-refractivity contribution in [1.82, 2.24) is 10.0 Å². The van der Waals surface area contributed by atoms with Crippen LogP contribution >= 0.6 is 11.6 Å². The normalized spacial score (nSPS) is 11.4. The highest BCUT2D eigenvalue weighted by atomic mass is 35.5. The molecule has 8 nitrogen and oxygen atoms in total. The van der Waals surface area contributed by atoms with Gasteiger partial charge in [-0.25, -0.2) is 9.87 Å². The van der Waals surface area contributed by atoms with Crippen molar-refractivity contribution >= 4 is 34.8 Å². The Labute approximate surface area is 179 Å². The molecule has 2 rings (SSSR count). The van der Waals surface area contributed by atoms with Crippen LogP contribution < -0.4 is 10.8 Å². The van der Waals surface area contributed by atoms with E-state index in [1.54, 1.807) is 13.0 Å². The van der Waals surface area contributed by atoms with E-state index in [1.165, 1.54) is 30.7 Å². The van der Waals surface area contributed by atoms with Gasteiger partial charge in [0.15, 0.2) is 5.78 Å². The van der Waals surface area contributed by atoms with Crippen LogP contribution in [0, 0.1) is 12.7 Å². The van der Waals surface area contributed by atoms with Gasteiger partial charge in [0.05, 0.1) is 17.3 Å². The number of amides is 1. The molecule has 0 aliphatic carbocycles. The summed E-state index contributed by atoms with van der Waals surface area (Å²) in [7, 11) is 1.50. The van der Waals surface area contributed by atoms with Crippen LogP contribution in [0.15, 0.2) is 18.2 Å². The number of carbonyl (C=O) groups is 2. The van der Waals surface area contributed by atoms with Crippen LogP contribution in [0.25, 0.3) is 0 Å². The fourth-order valence-corrected chi connectivity index (χ4v) is 2.98. The predicted molar refractivity (Wildman–Crippen MR) is 113 cm³/mol. The highest BCUT2D eigenvalue weighted by Crippen LogP contribution is 2.34. The van der Waals surface area contributed by atoms with E-state index in [0.29, 0.717) is 5.56 Å². The maximum Gasteiger partial charge on any atom is 0.280 e. The maximum atomic E-state index is 14.2. The fraction of sp³-hybridized carbons (Fsp3) is 0.400. The molecule has 0 saturated carbocycles. The van der Waals surface area contributed by atoms with Gasteiger partial charge in [-0.2, -0.15) is 0 Å². The number of carbonyl (C=O) groups excluding carboxylic acids is 2.